The van der Waals surface area contributed by atoms with Crippen LogP contribution in [0.3, 0.4) is 0 Å². The Bertz CT molecular complexity index is 623. The summed E-state index contributed by atoms with van der Waals surface area (Å²) in [5.74, 6) is -7.53. The Labute approximate surface area is 117 Å². The summed E-state index contributed by atoms with van der Waals surface area (Å²) in [7, 11) is -2.45. The van der Waals surface area contributed by atoms with Crippen molar-refractivity contribution in [1.82, 2.24) is 0 Å². The van der Waals surface area contributed by atoms with Crippen LogP contribution in [0.5, 0.6) is 5.75 Å². The molecule has 2 aromatic carbocycles. The van der Waals surface area contributed by atoms with Crippen LogP contribution < -0.4 is 4.65 Å². The summed E-state index contributed by atoms with van der Waals surface area (Å²) >= 11 is 0. The Morgan fingerprint density at radius 3 is 2.16 bits per heavy atom. The maximum absolute atomic E-state index is 13.4. The van der Waals surface area contributed by atoms with Gasteiger partial charge in [-0.1, -0.05) is 12.1 Å². The van der Waals surface area contributed by atoms with Gasteiger partial charge in [0.2, 0.25) is 5.82 Å². The van der Waals surface area contributed by atoms with Gasteiger partial charge in [0.1, 0.15) is 5.82 Å². The van der Waals surface area contributed by atoms with Crippen LogP contribution in [0.15, 0.2) is 18.2 Å². The SMILES string of the molecule is OB(O)Oc1c(F)c(F)c(F)c2c(F)cccc12.[LiH]. The Hall–Kier alpha value is -1.20. The minimum atomic E-state index is -2.45. The van der Waals surface area contributed by atoms with Crippen LogP contribution in [-0.2, 0) is 0 Å². The van der Waals surface area contributed by atoms with Crippen LogP contribution in [0.2, 0.25) is 0 Å². The fraction of sp³-hybridized carbons (Fsp3) is 0. The first-order chi connectivity index (χ1) is 8.43. The molecule has 0 saturated heterocycles. The van der Waals surface area contributed by atoms with Crippen LogP contribution in [0, 0.1) is 23.3 Å². The molecule has 96 valence electrons. The molecule has 9 heteroatoms. The number of fused-ring (bicyclic) bond motifs is 1. The third-order valence-corrected chi connectivity index (χ3v) is 2.29. The molecule has 0 unspecified atom stereocenters. The molecule has 3 nitrogen and oxygen atoms in total. The molecule has 0 saturated carbocycles. The van der Waals surface area contributed by atoms with E-state index >= 15 is 0 Å². The molecule has 0 aliphatic rings. The second kappa shape index (κ2) is 5.84. The van der Waals surface area contributed by atoms with E-state index in [0.29, 0.717) is 0 Å². The molecule has 2 N–H and O–H groups in total. The van der Waals surface area contributed by atoms with Crippen molar-refractivity contribution in [2.24, 2.45) is 0 Å². The zero-order valence-corrected chi connectivity index (χ0v) is 8.62. The molecular weight excluding hydrogens is 262 g/mol. The molecule has 0 heterocycles. The molecular formula is C10H6BF4LiO3. The summed E-state index contributed by atoms with van der Waals surface area (Å²) in [6.07, 6.45) is 0. The molecule has 0 fully saturated rings. The molecule has 19 heavy (non-hydrogen) atoms. The normalized spacial score (nSPS) is 10.2. The van der Waals surface area contributed by atoms with Crippen LogP contribution >= 0.6 is 0 Å². The van der Waals surface area contributed by atoms with Crippen molar-refractivity contribution in [2.45, 2.75) is 0 Å². The predicted octanol–water partition coefficient (Wildman–Crippen LogP) is 1.10. The second-order valence-electron chi connectivity index (χ2n) is 3.38. The summed E-state index contributed by atoms with van der Waals surface area (Å²) in [6, 6.07) is 3.02. The van der Waals surface area contributed by atoms with Crippen molar-refractivity contribution in [1.29, 1.82) is 0 Å². The number of rotatable bonds is 2. The van der Waals surface area contributed by atoms with E-state index in [1.807, 2.05) is 0 Å². The fourth-order valence-corrected chi connectivity index (χ4v) is 1.58. The molecule has 0 atom stereocenters. The van der Waals surface area contributed by atoms with E-state index in [1.54, 1.807) is 0 Å². The van der Waals surface area contributed by atoms with Crippen LogP contribution in [0.1, 0.15) is 0 Å². The van der Waals surface area contributed by atoms with Crippen molar-refractivity contribution >= 4 is 37.0 Å². The monoisotopic (exact) mass is 268 g/mol. The molecule has 0 bridgehead atoms. The Kier molecular flexibility index (Phi) is 4.88. The second-order valence-corrected chi connectivity index (χ2v) is 3.38. The average molecular weight is 268 g/mol. The quantitative estimate of drug-likeness (QED) is 0.487. The summed E-state index contributed by atoms with van der Waals surface area (Å²) in [5, 5.41) is 15.9. The van der Waals surface area contributed by atoms with Gasteiger partial charge in [0, 0.05) is 5.39 Å². The van der Waals surface area contributed by atoms with Gasteiger partial charge in [-0.3, -0.25) is 0 Å². The van der Waals surface area contributed by atoms with Crippen LogP contribution in [0.25, 0.3) is 10.8 Å². The summed E-state index contributed by atoms with van der Waals surface area (Å²) in [5.41, 5.74) is 0. The average Bonchev–Trinajstić information content (AvgIpc) is 2.31. The van der Waals surface area contributed by atoms with Crippen molar-refractivity contribution in [3.05, 3.63) is 41.5 Å². The van der Waals surface area contributed by atoms with Crippen molar-refractivity contribution < 1.29 is 32.3 Å². The minimum absolute atomic E-state index is 0. The van der Waals surface area contributed by atoms with Gasteiger partial charge in [-0.25, -0.2) is 13.2 Å². The van der Waals surface area contributed by atoms with Crippen LogP contribution in [-0.4, -0.2) is 36.2 Å². The van der Waals surface area contributed by atoms with E-state index in [0.717, 1.165) is 18.2 Å². The van der Waals surface area contributed by atoms with E-state index < -0.39 is 47.1 Å². The first-order valence-electron chi connectivity index (χ1n) is 4.71. The molecule has 0 radical (unpaired) electrons. The van der Waals surface area contributed by atoms with Crippen LogP contribution in [0.4, 0.5) is 17.6 Å². The van der Waals surface area contributed by atoms with Crippen molar-refractivity contribution in [2.75, 3.05) is 0 Å². The third-order valence-electron chi connectivity index (χ3n) is 2.29. The van der Waals surface area contributed by atoms with E-state index in [-0.39, 0.29) is 18.9 Å². The van der Waals surface area contributed by atoms with Crippen molar-refractivity contribution in [3.63, 3.8) is 0 Å². The number of hydrogen-bond donors (Lipinski definition) is 2. The third kappa shape index (κ3) is 2.72. The van der Waals surface area contributed by atoms with Gasteiger partial charge in [0.05, 0.1) is 5.39 Å². The molecule has 0 aromatic heterocycles. The zero-order chi connectivity index (χ0) is 13.4. The number of hydrogen-bond acceptors (Lipinski definition) is 3. The van der Waals surface area contributed by atoms with Gasteiger partial charge in [-0.15, -0.1) is 0 Å². The van der Waals surface area contributed by atoms with Gasteiger partial charge >= 0.3 is 26.2 Å². The number of benzene rings is 2. The Morgan fingerprint density at radius 2 is 1.58 bits per heavy atom. The first-order valence-corrected chi connectivity index (χ1v) is 4.71. The summed E-state index contributed by atoms with van der Waals surface area (Å²) in [4.78, 5) is 0. The molecule has 2 rings (SSSR count). The Morgan fingerprint density at radius 1 is 0.947 bits per heavy atom. The zero-order valence-electron chi connectivity index (χ0n) is 8.62. The molecule has 0 aliphatic carbocycles. The van der Waals surface area contributed by atoms with E-state index in [2.05, 4.69) is 4.65 Å². The predicted molar refractivity (Wildman–Crippen MR) is 61.7 cm³/mol. The molecule has 2 aromatic rings. The standard InChI is InChI=1S/C10H5BF4O3.Li.H/c12-5-3-1-2-4-6(5)7(13)8(14)9(15)10(4)18-11(16)17;;/h1-3,16-17H;;. The molecule has 0 amide bonds. The first kappa shape index (κ1) is 15.9. The fourth-order valence-electron chi connectivity index (χ4n) is 1.58. The van der Waals surface area contributed by atoms with Gasteiger partial charge in [-0.05, 0) is 6.07 Å². The van der Waals surface area contributed by atoms with E-state index in [9.17, 15) is 17.6 Å². The molecule has 0 spiro atoms. The van der Waals surface area contributed by atoms with Gasteiger partial charge in [-0.2, -0.15) is 4.39 Å². The van der Waals surface area contributed by atoms with Gasteiger partial charge < -0.3 is 14.7 Å². The topological polar surface area (TPSA) is 49.7 Å². The summed E-state index contributed by atoms with van der Waals surface area (Å²) < 4.78 is 57.6. The van der Waals surface area contributed by atoms with E-state index in [4.69, 9.17) is 10.0 Å². The van der Waals surface area contributed by atoms with Gasteiger partial charge in [0.25, 0.3) is 0 Å². The summed E-state index contributed by atoms with van der Waals surface area (Å²) in [6.45, 7) is 0. The number of halogens is 4. The molecule has 0 aliphatic heterocycles. The van der Waals surface area contributed by atoms with E-state index in [1.165, 1.54) is 0 Å². The maximum atomic E-state index is 13.4. The Balaban J connectivity index is 0.00000180. The van der Waals surface area contributed by atoms with Gasteiger partial charge in [0.15, 0.2) is 17.4 Å². The van der Waals surface area contributed by atoms with Crippen molar-refractivity contribution in [3.8, 4) is 5.75 Å².